The number of anilines is 2. The highest BCUT2D eigenvalue weighted by Gasteiger charge is 2.18. The molecule has 9 heteroatoms. The van der Waals surface area contributed by atoms with Crippen molar-refractivity contribution in [1.29, 1.82) is 0 Å². The molecule has 0 aliphatic carbocycles. The summed E-state index contributed by atoms with van der Waals surface area (Å²) in [5.41, 5.74) is 7.13. The summed E-state index contributed by atoms with van der Waals surface area (Å²) in [6, 6.07) is 10.6. The first-order chi connectivity index (χ1) is 14.8. The van der Waals surface area contributed by atoms with Gasteiger partial charge in [0.2, 0.25) is 0 Å². The molecule has 1 saturated heterocycles. The fraction of sp³-hybridized carbons (Fsp3) is 0.364. The molecular formula is C22H28N6O3. The minimum Gasteiger partial charge on any atom is -0.376 e. The summed E-state index contributed by atoms with van der Waals surface area (Å²) in [5, 5.41) is 18.3. The molecule has 31 heavy (non-hydrogen) atoms. The van der Waals surface area contributed by atoms with E-state index in [0.29, 0.717) is 5.56 Å². The van der Waals surface area contributed by atoms with E-state index in [-0.39, 0.29) is 18.1 Å². The zero-order valence-corrected chi connectivity index (χ0v) is 18.1. The van der Waals surface area contributed by atoms with Gasteiger partial charge in [0.25, 0.3) is 11.6 Å². The van der Waals surface area contributed by atoms with Crippen LogP contribution in [0.15, 0.2) is 41.5 Å². The summed E-state index contributed by atoms with van der Waals surface area (Å²) >= 11 is 0. The third-order valence-corrected chi connectivity index (χ3v) is 5.42. The van der Waals surface area contributed by atoms with Gasteiger partial charge in [0, 0.05) is 55.2 Å². The van der Waals surface area contributed by atoms with Crippen molar-refractivity contribution in [3.63, 3.8) is 0 Å². The molecule has 3 rings (SSSR count). The van der Waals surface area contributed by atoms with Crippen LogP contribution in [0.3, 0.4) is 0 Å². The van der Waals surface area contributed by atoms with Gasteiger partial charge >= 0.3 is 0 Å². The van der Waals surface area contributed by atoms with Gasteiger partial charge in [0.1, 0.15) is 0 Å². The minimum absolute atomic E-state index is 0.0120. The number of hydrogen-bond donors (Lipinski definition) is 2. The van der Waals surface area contributed by atoms with E-state index >= 15 is 0 Å². The van der Waals surface area contributed by atoms with Gasteiger partial charge in [-0.1, -0.05) is 6.07 Å². The number of nitrogens with one attached hydrogen (secondary N) is 2. The zero-order chi connectivity index (χ0) is 22.4. The summed E-state index contributed by atoms with van der Waals surface area (Å²) in [5.74, 6) is -0.305. The third-order valence-electron chi connectivity index (χ3n) is 5.42. The second-order valence-electron chi connectivity index (χ2n) is 7.74. The summed E-state index contributed by atoms with van der Waals surface area (Å²) in [7, 11) is 2.07. The Bertz CT molecular complexity index is 983. The first-order valence-corrected chi connectivity index (χ1v) is 10.2. The summed E-state index contributed by atoms with van der Waals surface area (Å²) in [6.45, 7) is 7.58. The number of nitro groups is 1. The van der Waals surface area contributed by atoms with E-state index in [1.54, 1.807) is 6.07 Å². The number of non-ortho nitro benzene ring substituents is 1. The lowest BCUT2D eigenvalue weighted by Gasteiger charge is -2.34. The molecule has 2 aromatic carbocycles. The van der Waals surface area contributed by atoms with Crippen LogP contribution < -0.4 is 15.6 Å². The van der Waals surface area contributed by atoms with Crippen LogP contribution in [0.4, 0.5) is 17.1 Å². The topological polar surface area (TPSA) is 103 Å². The maximum absolute atomic E-state index is 12.1. The first kappa shape index (κ1) is 22.2. The number of carbonyl (C=O) groups is 1. The zero-order valence-electron chi connectivity index (χ0n) is 18.1. The summed E-state index contributed by atoms with van der Waals surface area (Å²) in [4.78, 5) is 27.3. The molecular weight excluding hydrogens is 396 g/mol. The van der Waals surface area contributed by atoms with Crippen molar-refractivity contribution in [2.24, 2.45) is 5.10 Å². The largest absolute Gasteiger partial charge is 0.376 e. The molecule has 2 aromatic rings. The molecule has 1 aliphatic rings. The van der Waals surface area contributed by atoms with Gasteiger partial charge in [-0.2, -0.15) is 5.10 Å². The molecule has 0 saturated carbocycles. The standard InChI is InChI=1S/C22H28N6O3/c1-16-4-5-19(12-17(16)2)23-15-22(29)25-24-14-18-13-20(28(30)31)6-7-21(18)27-10-8-26(3)9-11-27/h4-7,12-14,23H,8-11,15H2,1-3H3,(H,25,29)/b24-14+. The molecule has 9 nitrogen and oxygen atoms in total. The van der Waals surface area contributed by atoms with E-state index in [9.17, 15) is 14.9 Å². The highest BCUT2D eigenvalue weighted by molar-refractivity contribution is 5.90. The average Bonchev–Trinajstić information content (AvgIpc) is 2.75. The number of rotatable bonds is 7. The van der Waals surface area contributed by atoms with E-state index < -0.39 is 4.92 Å². The van der Waals surface area contributed by atoms with Crippen LogP contribution in [0.5, 0.6) is 0 Å². The second kappa shape index (κ2) is 10.0. The number of nitro benzene ring substituents is 1. The Kier molecular flexibility index (Phi) is 7.19. The number of piperazine rings is 1. The van der Waals surface area contributed by atoms with E-state index in [1.807, 2.05) is 32.0 Å². The first-order valence-electron chi connectivity index (χ1n) is 10.2. The van der Waals surface area contributed by atoms with E-state index in [4.69, 9.17) is 0 Å². The Morgan fingerprint density at radius 2 is 1.87 bits per heavy atom. The Morgan fingerprint density at radius 1 is 1.13 bits per heavy atom. The lowest BCUT2D eigenvalue weighted by Crippen LogP contribution is -2.44. The van der Waals surface area contributed by atoms with E-state index in [2.05, 4.69) is 32.7 Å². The molecule has 0 spiro atoms. The predicted octanol–water partition coefficient (Wildman–Crippen LogP) is 2.53. The van der Waals surface area contributed by atoms with Crippen LogP contribution in [0.2, 0.25) is 0 Å². The van der Waals surface area contributed by atoms with Gasteiger partial charge in [-0.15, -0.1) is 0 Å². The molecule has 0 unspecified atom stereocenters. The molecule has 1 amide bonds. The monoisotopic (exact) mass is 424 g/mol. The van der Waals surface area contributed by atoms with Crippen molar-refractivity contribution in [3.05, 3.63) is 63.2 Å². The maximum atomic E-state index is 12.1. The van der Waals surface area contributed by atoms with Crippen molar-refractivity contribution in [1.82, 2.24) is 10.3 Å². The van der Waals surface area contributed by atoms with Crippen molar-refractivity contribution < 1.29 is 9.72 Å². The molecule has 1 fully saturated rings. The Morgan fingerprint density at radius 3 is 2.55 bits per heavy atom. The smallest absolute Gasteiger partial charge is 0.270 e. The Balaban J connectivity index is 1.65. The second-order valence-corrected chi connectivity index (χ2v) is 7.74. The number of likely N-dealkylation sites (N-methyl/N-ethyl adjacent to an activating group) is 1. The van der Waals surface area contributed by atoms with Crippen LogP contribution in [0.1, 0.15) is 16.7 Å². The maximum Gasteiger partial charge on any atom is 0.270 e. The number of benzene rings is 2. The van der Waals surface area contributed by atoms with Gasteiger partial charge < -0.3 is 15.1 Å². The van der Waals surface area contributed by atoms with Crippen molar-refractivity contribution in [2.75, 3.05) is 50.0 Å². The third kappa shape index (κ3) is 6.02. The Labute approximate surface area is 181 Å². The number of hydrazone groups is 1. The van der Waals surface area contributed by atoms with Crippen molar-refractivity contribution in [3.8, 4) is 0 Å². The lowest BCUT2D eigenvalue weighted by molar-refractivity contribution is -0.384. The van der Waals surface area contributed by atoms with Gasteiger partial charge in [-0.05, 0) is 50.2 Å². The summed E-state index contributed by atoms with van der Waals surface area (Å²) < 4.78 is 0. The van der Waals surface area contributed by atoms with Gasteiger partial charge in [-0.3, -0.25) is 14.9 Å². The molecule has 0 bridgehead atoms. The highest BCUT2D eigenvalue weighted by Crippen LogP contribution is 2.25. The van der Waals surface area contributed by atoms with Crippen LogP contribution >= 0.6 is 0 Å². The van der Waals surface area contributed by atoms with Gasteiger partial charge in [0.15, 0.2) is 0 Å². The lowest BCUT2D eigenvalue weighted by atomic mass is 10.1. The van der Waals surface area contributed by atoms with Crippen molar-refractivity contribution >= 4 is 29.2 Å². The van der Waals surface area contributed by atoms with Crippen LogP contribution in [0.25, 0.3) is 0 Å². The number of carbonyl (C=O) groups excluding carboxylic acids is 1. The molecule has 0 atom stereocenters. The van der Waals surface area contributed by atoms with E-state index in [1.165, 1.54) is 23.9 Å². The van der Waals surface area contributed by atoms with Crippen LogP contribution in [0, 0.1) is 24.0 Å². The fourth-order valence-electron chi connectivity index (χ4n) is 3.34. The number of hydrogen-bond acceptors (Lipinski definition) is 7. The molecule has 1 heterocycles. The normalized spacial score (nSPS) is 14.6. The SMILES string of the molecule is Cc1ccc(NCC(=O)N/N=C/c2cc([N+](=O)[O-])ccc2N2CCN(C)CC2)cc1C. The molecule has 164 valence electrons. The molecule has 0 radical (unpaired) electrons. The van der Waals surface area contributed by atoms with Gasteiger partial charge in [0.05, 0.1) is 17.7 Å². The van der Waals surface area contributed by atoms with Crippen molar-refractivity contribution in [2.45, 2.75) is 13.8 Å². The molecule has 1 aliphatic heterocycles. The van der Waals surface area contributed by atoms with Crippen LogP contribution in [-0.2, 0) is 4.79 Å². The minimum atomic E-state index is -0.433. The number of aryl methyl sites for hydroxylation is 2. The molecule has 2 N–H and O–H groups in total. The number of nitrogens with zero attached hydrogens (tertiary/aromatic N) is 4. The highest BCUT2D eigenvalue weighted by atomic mass is 16.6. The fourth-order valence-corrected chi connectivity index (χ4v) is 3.34. The quantitative estimate of drug-likeness (QED) is 0.402. The summed E-state index contributed by atoms with van der Waals surface area (Å²) in [6.07, 6.45) is 1.47. The Hall–Kier alpha value is -3.46. The number of amides is 1. The molecule has 0 aromatic heterocycles. The van der Waals surface area contributed by atoms with E-state index in [0.717, 1.165) is 43.1 Å². The predicted molar refractivity (Wildman–Crippen MR) is 123 cm³/mol. The van der Waals surface area contributed by atoms with Crippen LogP contribution in [-0.4, -0.2) is 61.7 Å². The van der Waals surface area contributed by atoms with Gasteiger partial charge in [-0.25, -0.2) is 5.43 Å². The average molecular weight is 425 g/mol.